The number of azo groups is 1. The number of fused-ring (bicyclic) bond motifs is 1. The fraction of sp³-hybridized carbons (Fsp3) is 0.182. The summed E-state index contributed by atoms with van der Waals surface area (Å²) in [7, 11) is 0. The number of aromatic nitrogens is 4. The van der Waals surface area contributed by atoms with E-state index in [4.69, 9.17) is 0 Å². The Hall–Kier alpha value is -2.15. The molecule has 90 valence electrons. The molecule has 0 unspecified atom stereocenters. The van der Waals surface area contributed by atoms with Crippen LogP contribution in [0.25, 0.3) is 10.2 Å². The molecule has 6 nitrogen and oxygen atoms in total. The predicted molar refractivity (Wildman–Crippen MR) is 69.0 cm³/mol. The van der Waals surface area contributed by atoms with Gasteiger partial charge in [0.25, 0.3) is 0 Å². The Bertz CT molecular complexity index is 685. The zero-order valence-corrected chi connectivity index (χ0v) is 10.5. The third kappa shape index (κ3) is 2.00. The molecule has 3 aromatic heterocycles. The number of aromatic amines is 1. The molecule has 3 heterocycles. The Morgan fingerprint density at radius 2 is 2.33 bits per heavy atom. The van der Waals surface area contributed by atoms with Crippen LogP contribution < -0.4 is 0 Å². The molecule has 18 heavy (non-hydrogen) atoms. The molecule has 1 N–H and O–H groups in total. The van der Waals surface area contributed by atoms with Crippen molar-refractivity contribution in [2.45, 2.75) is 13.5 Å². The van der Waals surface area contributed by atoms with E-state index in [0.717, 1.165) is 21.5 Å². The van der Waals surface area contributed by atoms with Crippen LogP contribution in [-0.4, -0.2) is 19.9 Å². The van der Waals surface area contributed by atoms with Crippen LogP contribution in [0.1, 0.15) is 11.3 Å². The molecule has 0 aliphatic carbocycles. The lowest BCUT2D eigenvalue weighted by molar-refractivity contribution is 0.918. The normalized spacial score (nSPS) is 11.6. The topological polar surface area (TPSA) is 79.2 Å². The summed E-state index contributed by atoms with van der Waals surface area (Å²) >= 11 is 1.59. The van der Waals surface area contributed by atoms with Crippen molar-refractivity contribution >= 4 is 27.4 Å². The first kappa shape index (κ1) is 11.0. The number of imidazole rings is 1. The van der Waals surface area contributed by atoms with Crippen molar-refractivity contribution in [3.63, 3.8) is 0 Å². The summed E-state index contributed by atoms with van der Waals surface area (Å²) in [5.74, 6) is 0.623. The molecule has 0 spiro atoms. The first-order valence-electron chi connectivity index (χ1n) is 5.38. The first-order chi connectivity index (χ1) is 8.84. The van der Waals surface area contributed by atoms with Crippen LogP contribution in [0.3, 0.4) is 0 Å². The van der Waals surface area contributed by atoms with Crippen molar-refractivity contribution in [3.05, 3.63) is 35.5 Å². The number of rotatable bonds is 3. The minimum atomic E-state index is 0.468. The molecule has 7 heteroatoms. The van der Waals surface area contributed by atoms with E-state index >= 15 is 0 Å². The van der Waals surface area contributed by atoms with Gasteiger partial charge in [0, 0.05) is 6.20 Å². The highest BCUT2D eigenvalue weighted by Gasteiger charge is 2.06. The van der Waals surface area contributed by atoms with Gasteiger partial charge in [-0.2, -0.15) is 5.11 Å². The van der Waals surface area contributed by atoms with E-state index < -0.39 is 0 Å². The lowest BCUT2D eigenvalue weighted by Gasteiger charge is -1.94. The maximum Gasteiger partial charge on any atom is 0.195 e. The molecule has 0 saturated heterocycles. The van der Waals surface area contributed by atoms with Gasteiger partial charge in [-0.15, -0.1) is 16.5 Å². The maximum atomic E-state index is 4.24. The van der Waals surface area contributed by atoms with Crippen molar-refractivity contribution in [3.8, 4) is 0 Å². The van der Waals surface area contributed by atoms with E-state index in [0.29, 0.717) is 12.4 Å². The van der Waals surface area contributed by atoms with E-state index in [1.807, 2.05) is 12.3 Å². The average Bonchev–Trinajstić information content (AvgIpc) is 3.01. The Labute approximate surface area is 107 Å². The number of H-pyrrole nitrogens is 1. The summed E-state index contributed by atoms with van der Waals surface area (Å²) in [6.45, 7) is 2.49. The molecule has 0 aliphatic rings. The van der Waals surface area contributed by atoms with E-state index in [2.05, 4.69) is 30.2 Å². The second-order valence-electron chi connectivity index (χ2n) is 3.77. The van der Waals surface area contributed by atoms with Gasteiger partial charge in [0.2, 0.25) is 0 Å². The van der Waals surface area contributed by atoms with Crippen molar-refractivity contribution in [1.29, 1.82) is 0 Å². The number of nitrogens with one attached hydrogen (secondary N) is 1. The molecular weight excluding hydrogens is 248 g/mol. The van der Waals surface area contributed by atoms with Crippen LogP contribution in [0.15, 0.2) is 34.5 Å². The summed E-state index contributed by atoms with van der Waals surface area (Å²) in [6.07, 6.45) is 4.87. The van der Waals surface area contributed by atoms with Gasteiger partial charge < -0.3 is 4.98 Å². The molecule has 0 atom stereocenters. The predicted octanol–water partition coefficient (Wildman–Crippen LogP) is 3.01. The quantitative estimate of drug-likeness (QED) is 0.733. The fourth-order valence-corrected chi connectivity index (χ4v) is 2.51. The van der Waals surface area contributed by atoms with Crippen LogP contribution in [0, 0.1) is 6.92 Å². The SMILES string of the molecule is Cc1csc2c(N=NCc3cnc[nH]3)ncnc12. The molecule has 0 aliphatic heterocycles. The summed E-state index contributed by atoms with van der Waals surface area (Å²) in [6, 6.07) is 0. The maximum absolute atomic E-state index is 4.24. The molecule has 3 aromatic rings. The lowest BCUT2D eigenvalue weighted by atomic mass is 10.3. The highest BCUT2D eigenvalue weighted by atomic mass is 32.1. The number of hydrogen-bond acceptors (Lipinski definition) is 6. The molecule has 0 bridgehead atoms. The van der Waals surface area contributed by atoms with Crippen molar-refractivity contribution in [1.82, 2.24) is 19.9 Å². The molecule has 0 aromatic carbocycles. The molecule has 0 saturated carbocycles. The summed E-state index contributed by atoms with van der Waals surface area (Å²) in [5.41, 5.74) is 3.01. The van der Waals surface area contributed by atoms with Crippen molar-refractivity contribution in [2.24, 2.45) is 10.2 Å². The Morgan fingerprint density at radius 1 is 1.39 bits per heavy atom. The third-order valence-corrected chi connectivity index (χ3v) is 3.56. The van der Waals surface area contributed by atoms with Crippen LogP contribution in [0.4, 0.5) is 5.82 Å². The summed E-state index contributed by atoms with van der Waals surface area (Å²) in [4.78, 5) is 15.3. The summed E-state index contributed by atoms with van der Waals surface area (Å²) < 4.78 is 0.975. The van der Waals surface area contributed by atoms with Gasteiger partial charge >= 0.3 is 0 Å². The van der Waals surface area contributed by atoms with Crippen molar-refractivity contribution < 1.29 is 0 Å². The smallest absolute Gasteiger partial charge is 0.195 e. The van der Waals surface area contributed by atoms with Gasteiger partial charge in [-0.1, -0.05) is 0 Å². The number of nitrogens with zero attached hydrogens (tertiary/aromatic N) is 5. The highest BCUT2D eigenvalue weighted by molar-refractivity contribution is 7.17. The number of thiophene rings is 1. The van der Waals surface area contributed by atoms with Crippen molar-refractivity contribution in [2.75, 3.05) is 0 Å². The third-order valence-electron chi connectivity index (χ3n) is 2.47. The van der Waals surface area contributed by atoms with E-state index in [9.17, 15) is 0 Å². The second-order valence-corrected chi connectivity index (χ2v) is 4.65. The van der Waals surface area contributed by atoms with Gasteiger partial charge in [-0.25, -0.2) is 15.0 Å². The van der Waals surface area contributed by atoms with Gasteiger partial charge in [0.05, 0.1) is 22.2 Å². The monoisotopic (exact) mass is 258 g/mol. The van der Waals surface area contributed by atoms with Gasteiger partial charge in [0.15, 0.2) is 5.82 Å². The fourth-order valence-electron chi connectivity index (χ4n) is 1.58. The molecule has 0 radical (unpaired) electrons. The van der Waals surface area contributed by atoms with Crippen LogP contribution in [-0.2, 0) is 6.54 Å². The second kappa shape index (κ2) is 4.61. The zero-order chi connectivity index (χ0) is 12.4. The van der Waals surface area contributed by atoms with Crippen LogP contribution >= 0.6 is 11.3 Å². The standard InChI is InChI=1S/C11H10N6S/c1-7-4-18-10-9(7)14-6-15-11(10)17-16-3-8-2-12-5-13-8/h2,4-6H,3H2,1H3,(H,12,13). The number of hydrogen-bond donors (Lipinski definition) is 1. The van der Waals surface area contributed by atoms with Gasteiger partial charge in [-0.3, -0.25) is 0 Å². The average molecular weight is 258 g/mol. The van der Waals surface area contributed by atoms with Gasteiger partial charge in [-0.05, 0) is 17.9 Å². The Kier molecular flexibility index (Phi) is 2.81. The van der Waals surface area contributed by atoms with E-state index in [1.165, 1.54) is 6.33 Å². The Morgan fingerprint density at radius 3 is 3.17 bits per heavy atom. The number of aryl methyl sites for hydroxylation is 1. The minimum absolute atomic E-state index is 0.468. The summed E-state index contributed by atoms with van der Waals surface area (Å²) in [5, 5.41) is 10.3. The van der Waals surface area contributed by atoms with Crippen LogP contribution in [0.5, 0.6) is 0 Å². The Balaban J connectivity index is 1.88. The molecule has 0 fully saturated rings. The highest BCUT2D eigenvalue weighted by Crippen LogP contribution is 2.30. The van der Waals surface area contributed by atoms with Gasteiger partial charge in [0.1, 0.15) is 12.9 Å². The molecular formula is C11H10N6S. The zero-order valence-electron chi connectivity index (χ0n) is 9.66. The lowest BCUT2D eigenvalue weighted by Crippen LogP contribution is -1.81. The van der Waals surface area contributed by atoms with Crippen LogP contribution in [0.2, 0.25) is 0 Å². The molecule has 0 amide bonds. The van der Waals surface area contributed by atoms with E-state index in [-0.39, 0.29) is 0 Å². The minimum Gasteiger partial charge on any atom is -0.347 e. The van der Waals surface area contributed by atoms with E-state index in [1.54, 1.807) is 23.9 Å². The molecule has 3 rings (SSSR count). The largest absolute Gasteiger partial charge is 0.347 e. The first-order valence-corrected chi connectivity index (χ1v) is 6.26.